The van der Waals surface area contributed by atoms with Gasteiger partial charge in [0.1, 0.15) is 0 Å². The molecule has 17 heavy (non-hydrogen) atoms. The second-order valence-electron chi connectivity index (χ2n) is 4.94. The van der Waals surface area contributed by atoms with Crippen LogP contribution in [0.5, 0.6) is 0 Å². The van der Waals surface area contributed by atoms with Gasteiger partial charge >= 0.3 is 0 Å². The zero-order valence-electron chi connectivity index (χ0n) is 10.7. The molecule has 0 saturated heterocycles. The largest absolute Gasteiger partial charge is 0.259 e. The van der Waals surface area contributed by atoms with Crippen molar-refractivity contribution in [3.05, 3.63) is 34.9 Å². The molecule has 0 spiro atoms. The maximum Gasteiger partial charge on any atom is 0.0994 e. The minimum atomic E-state index is 0.312. The molecule has 1 aromatic rings. The summed E-state index contributed by atoms with van der Waals surface area (Å²) in [4.78, 5) is 0. The molecule has 0 fully saturated rings. The van der Waals surface area contributed by atoms with Crippen LogP contribution in [-0.4, -0.2) is 0 Å². The van der Waals surface area contributed by atoms with Crippen LogP contribution in [-0.2, 0) is 6.42 Å². The molecule has 0 bridgehead atoms. The van der Waals surface area contributed by atoms with Gasteiger partial charge in [0.05, 0.1) is 11.6 Å². The summed E-state index contributed by atoms with van der Waals surface area (Å²) in [6.45, 7) is 6.50. The predicted molar refractivity (Wildman–Crippen MR) is 74.9 cm³/mol. The summed E-state index contributed by atoms with van der Waals surface area (Å²) >= 11 is 4.07. The number of nitrogens with one attached hydrogen (secondary N) is 1. The van der Waals surface area contributed by atoms with E-state index >= 15 is 0 Å². The van der Waals surface area contributed by atoms with E-state index in [-0.39, 0.29) is 0 Å². The Morgan fingerprint density at radius 3 is 2.59 bits per heavy atom. The highest BCUT2D eigenvalue weighted by atomic mass is 32.1. The average molecular weight is 248 g/mol. The SMILES string of the molecule is CC(C)C.N#Cc1cccc2c1CCC2NS. The number of hydrogen-bond donors (Lipinski definition) is 2. The molecule has 0 saturated carbocycles. The highest BCUT2D eigenvalue weighted by molar-refractivity contribution is 7.78. The first kappa shape index (κ1) is 14.1. The molecule has 2 nitrogen and oxygen atoms in total. The summed E-state index contributed by atoms with van der Waals surface area (Å²) in [6.07, 6.45) is 2.02. The molecule has 0 heterocycles. The number of nitriles is 1. The van der Waals surface area contributed by atoms with E-state index in [4.69, 9.17) is 5.26 Å². The Hall–Kier alpha value is -0.980. The minimum absolute atomic E-state index is 0.312. The molecule has 1 unspecified atom stereocenters. The zero-order chi connectivity index (χ0) is 12.8. The molecule has 0 aromatic heterocycles. The highest BCUT2D eigenvalue weighted by Crippen LogP contribution is 2.33. The third kappa shape index (κ3) is 3.76. The smallest absolute Gasteiger partial charge is 0.0994 e. The van der Waals surface area contributed by atoms with Crippen LogP contribution in [0.2, 0.25) is 0 Å². The van der Waals surface area contributed by atoms with Crippen LogP contribution < -0.4 is 4.72 Å². The van der Waals surface area contributed by atoms with Crippen molar-refractivity contribution in [3.8, 4) is 6.07 Å². The summed E-state index contributed by atoms with van der Waals surface area (Å²) in [6, 6.07) is 8.40. The van der Waals surface area contributed by atoms with Gasteiger partial charge in [-0.05, 0) is 36.0 Å². The van der Waals surface area contributed by atoms with Crippen molar-refractivity contribution in [2.24, 2.45) is 5.92 Å². The normalized spacial score (nSPS) is 17.1. The van der Waals surface area contributed by atoms with E-state index in [2.05, 4.69) is 50.4 Å². The van der Waals surface area contributed by atoms with Crippen molar-refractivity contribution < 1.29 is 0 Å². The summed E-state index contributed by atoms with van der Waals surface area (Å²) < 4.78 is 2.96. The number of thiol groups is 1. The molecule has 1 aromatic carbocycles. The lowest BCUT2D eigenvalue weighted by molar-refractivity contribution is 0.670. The van der Waals surface area contributed by atoms with Crippen molar-refractivity contribution in [2.75, 3.05) is 0 Å². The van der Waals surface area contributed by atoms with Crippen LogP contribution in [0.4, 0.5) is 0 Å². The fourth-order valence-corrected chi connectivity index (χ4v) is 2.16. The number of hydrogen-bond acceptors (Lipinski definition) is 3. The third-order valence-corrected chi connectivity index (χ3v) is 2.86. The third-order valence-electron chi connectivity index (χ3n) is 2.55. The van der Waals surface area contributed by atoms with Gasteiger partial charge < -0.3 is 0 Å². The second kappa shape index (κ2) is 6.68. The van der Waals surface area contributed by atoms with Gasteiger partial charge in [0.2, 0.25) is 0 Å². The molecule has 1 atom stereocenters. The Morgan fingerprint density at radius 1 is 1.41 bits per heavy atom. The fourth-order valence-electron chi connectivity index (χ4n) is 1.89. The van der Waals surface area contributed by atoms with Crippen molar-refractivity contribution in [1.29, 1.82) is 5.26 Å². The molecule has 0 amide bonds. The lowest BCUT2D eigenvalue weighted by atomic mass is 10.0. The van der Waals surface area contributed by atoms with Gasteiger partial charge in [0.15, 0.2) is 0 Å². The van der Waals surface area contributed by atoms with Gasteiger partial charge in [-0.15, -0.1) is 0 Å². The molecule has 1 aliphatic rings. The predicted octanol–water partition coefficient (Wildman–Crippen LogP) is 3.64. The van der Waals surface area contributed by atoms with Crippen molar-refractivity contribution >= 4 is 12.8 Å². The van der Waals surface area contributed by atoms with Crippen LogP contribution in [0.25, 0.3) is 0 Å². The van der Waals surface area contributed by atoms with E-state index in [0.717, 1.165) is 24.3 Å². The highest BCUT2D eigenvalue weighted by Gasteiger charge is 2.22. The first-order valence-corrected chi connectivity index (χ1v) is 6.46. The Kier molecular flexibility index (Phi) is 5.54. The van der Waals surface area contributed by atoms with Gasteiger partial charge in [-0.2, -0.15) is 5.26 Å². The molecular formula is C14H20N2S. The number of nitrogens with zero attached hydrogens (tertiary/aromatic N) is 1. The molecule has 2 rings (SSSR count). The monoisotopic (exact) mass is 248 g/mol. The number of fused-ring (bicyclic) bond motifs is 1. The Morgan fingerprint density at radius 2 is 2.06 bits per heavy atom. The van der Waals surface area contributed by atoms with E-state index in [0.29, 0.717) is 6.04 Å². The van der Waals surface area contributed by atoms with Crippen LogP contribution in [0.15, 0.2) is 18.2 Å². The molecule has 92 valence electrons. The number of benzene rings is 1. The van der Waals surface area contributed by atoms with Crippen LogP contribution >= 0.6 is 12.8 Å². The van der Waals surface area contributed by atoms with E-state index < -0.39 is 0 Å². The zero-order valence-corrected chi connectivity index (χ0v) is 11.6. The molecule has 3 heteroatoms. The van der Waals surface area contributed by atoms with E-state index in [9.17, 15) is 0 Å². The van der Waals surface area contributed by atoms with Gasteiger partial charge in [0.25, 0.3) is 0 Å². The lowest BCUT2D eigenvalue weighted by Crippen LogP contribution is -2.06. The average Bonchev–Trinajstić information content (AvgIpc) is 2.70. The quantitative estimate of drug-likeness (QED) is 0.744. The molecular weight excluding hydrogens is 228 g/mol. The van der Waals surface area contributed by atoms with Crippen LogP contribution in [0.3, 0.4) is 0 Å². The van der Waals surface area contributed by atoms with Gasteiger partial charge in [0, 0.05) is 6.04 Å². The van der Waals surface area contributed by atoms with E-state index in [1.165, 1.54) is 11.1 Å². The van der Waals surface area contributed by atoms with Gasteiger partial charge in [-0.1, -0.05) is 45.7 Å². The Balaban J connectivity index is 0.000000317. The number of rotatable bonds is 1. The molecule has 1 N–H and O–H groups in total. The first-order valence-electron chi connectivity index (χ1n) is 6.01. The van der Waals surface area contributed by atoms with E-state index in [1.54, 1.807) is 0 Å². The van der Waals surface area contributed by atoms with Crippen molar-refractivity contribution in [1.82, 2.24) is 4.72 Å². The maximum atomic E-state index is 8.87. The molecule has 0 radical (unpaired) electrons. The first-order chi connectivity index (χ1) is 8.10. The summed E-state index contributed by atoms with van der Waals surface area (Å²) in [5.74, 6) is 0.833. The van der Waals surface area contributed by atoms with E-state index in [1.807, 2.05) is 12.1 Å². The lowest BCUT2D eigenvalue weighted by Gasteiger charge is -2.08. The minimum Gasteiger partial charge on any atom is -0.259 e. The van der Waals surface area contributed by atoms with Crippen molar-refractivity contribution in [2.45, 2.75) is 39.7 Å². The fraction of sp³-hybridized carbons (Fsp3) is 0.500. The standard InChI is InChI=1S/C10H10N2S.C4H10/c11-6-7-2-1-3-9-8(7)4-5-10(9)12-13;1-4(2)3/h1-3,10,12-13H,4-5H2;4H,1-3H3. The summed E-state index contributed by atoms with van der Waals surface area (Å²) in [5, 5.41) is 8.87. The topological polar surface area (TPSA) is 35.8 Å². The summed E-state index contributed by atoms with van der Waals surface area (Å²) in [5.41, 5.74) is 3.23. The van der Waals surface area contributed by atoms with Crippen LogP contribution in [0.1, 0.15) is 49.9 Å². The van der Waals surface area contributed by atoms with Crippen LogP contribution in [0, 0.1) is 17.2 Å². The Labute approximate surface area is 110 Å². The van der Waals surface area contributed by atoms with Gasteiger partial charge in [-0.25, -0.2) is 0 Å². The Bertz CT molecular complexity index is 404. The van der Waals surface area contributed by atoms with Crippen molar-refractivity contribution in [3.63, 3.8) is 0 Å². The van der Waals surface area contributed by atoms with Gasteiger partial charge in [-0.3, -0.25) is 4.72 Å². The maximum absolute atomic E-state index is 8.87. The molecule has 0 aliphatic heterocycles. The summed E-state index contributed by atoms with van der Waals surface area (Å²) in [7, 11) is 0. The second-order valence-corrected chi connectivity index (χ2v) is 5.20. The molecule has 1 aliphatic carbocycles.